The first kappa shape index (κ1) is 14.7. The van der Waals surface area contributed by atoms with Crippen LogP contribution in [0, 0.1) is 0 Å². The summed E-state index contributed by atoms with van der Waals surface area (Å²) < 4.78 is 19.3. The predicted molar refractivity (Wildman–Crippen MR) is 64.9 cm³/mol. The van der Waals surface area contributed by atoms with Crippen molar-refractivity contribution in [1.82, 2.24) is 9.76 Å². The van der Waals surface area contributed by atoms with E-state index in [1.165, 1.54) is 0 Å². The summed E-state index contributed by atoms with van der Waals surface area (Å²) in [6.07, 6.45) is 0.395. The quantitative estimate of drug-likeness (QED) is 0.595. The third-order valence-electron chi connectivity index (χ3n) is 2.29. The lowest BCUT2D eigenvalue weighted by atomic mass is 10.2. The molecule has 1 rings (SSSR count). The van der Waals surface area contributed by atoms with Gasteiger partial charge in [-0.25, -0.2) is 9.76 Å². The zero-order chi connectivity index (χ0) is 12.2. The minimum atomic E-state index is -3.21. The van der Waals surface area contributed by atoms with E-state index < -0.39 is 13.4 Å². The van der Waals surface area contributed by atoms with Gasteiger partial charge in [0, 0.05) is 31.3 Å². The molecule has 0 aromatic carbocycles. The van der Waals surface area contributed by atoms with Crippen LogP contribution in [0.15, 0.2) is 0 Å². The zero-order valence-electron chi connectivity index (χ0n) is 9.16. The highest BCUT2D eigenvalue weighted by molar-refractivity contribution is 7.54. The summed E-state index contributed by atoms with van der Waals surface area (Å²) in [5.74, 6) is 0.655. The summed E-state index contributed by atoms with van der Waals surface area (Å²) in [4.78, 5) is 0. The summed E-state index contributed by atoms with van der Waals surface area (Å²) in [7, 11) is -3.21. The fourth-order valence-electron chi connectivity index (χ4n) is 1.48. The van der Waals surface area contributed by atoms with Gasteiger partial charge in [0.1, 0.15) is 5.72 Å². The third-order valence-corrected chi connectivity index (χ3v) is 5.07. The summed E-state index contributed by atoms with van der Waals surface area (Å²) in [5.41, 5.74) is -1.18. The Morgan fingerprint density at radius 3 is 2.50 bits per heavy atom. The summed E-state index contributed by atoms with van der Waals surface area (Å²) in [5, 5.41) is 12.5. The van der Waals surface area contributed by atoms with Gasteiger partial charge in [-0.1, -0.05) is 0 Å². The normalized spacial score (nSPS) is 35.6. The molecule has 0 saturated carbocycles. The fourth-order valence-corrected chi connectivity index (χ4v) is 4.28. The van der Waals surface area contributed by atoms with Crippen molar-refractivity contribution in [3.8, 4) is 0 Å². The van der Waals surface area contributed by atoms with Gasteiger partial charge in [-0.2, -0.15) is 0 Å². The second kappa shape index (κ2) is 6.01. The largest absolute Gasteiger partial charge is 0.376 e. The fraction of sp³-hybridized carbons (Fsp3) is 1.00. The van der Waals surface area contributed by atoms with Crippen LogP contribution < -0.4 is 5.09 Å². The van der Waals surface area contributed by atoms with E-state index >= 15 is 0 Å². The Balaban J connectivity index is 2.76. The molecule has 1 aliphatic heterocycles. The van der Waals surface area contributed by atoms with Crippen LogP contribution in [0.4, 0.5) is 0 Å². The third kappa shape index (κ3) is 3.84. The van der Waals surface area contributed by atoms with Crippen molar-refractivity contribution in [1.29, 1.82) is 0 Å². The molecule has 2 N–H and O–H groups in total. The second-order valence-electron chi connectivity index (χ2n) is 3.82. The molecule has 0 radical (unpaired) electrons. The first-order valence-corrected chi connectivity index (χ1v) is 7.72. The molecule has 0 aromatic heterocycles. The van der Waals surface area contributed by atoms with E-state index in [2.05, 4.69) is 5.09 Å². The molecule has 1 aliphatic rings. The highest BCUT2D eigenvalue weighted by Gasteiger charge is 2.41. The average molecular weight is 291 g/mol. The molecule has 0 bridgehead atoms. The summed E-state index contributed by atoms with van der Waals surface area (Å²) in [6, 6.07) is 0. The van der Waals surface area contributed by atoms with Crippen LogP contribution in [0.1, 0.15) is 13.3 Å². The monoisotopic (exact) mass is 290 g/mol. The highest BCUT2D eigenvalue weighted by Crippen LogP contribution is 2.51. The average Bonchev–Trinajstić information content (AvgIpc) is 2.15. The van der Waals surface area contributed by atoms with Crippen molar-refractivity contribution in [2.75, 3.05) is 31.5 Å². The van der Waals surface area contributed by atoms with Crippen LogP contribution in [-0.2, 0) is 9.09 Å². The number of nitrogens with one attached hydrogen (secondary N) is 1. The van der Waals surface area contributed by atoms with Gasteiger partial charge < -0.3 is 9.63 Å². The number of rotatable bonds is 5. The van der Waals surface area contributed by atoms with Crippen molar-refractivity contribution < 1.29 is 14.2 Å². The van der Waals surface area contributed by atoms with E-state index in [4.69, 9.17) is 27.7 Å². The van der Waals surface area contributed by atoms with Crippen LogP contribution in [0.25, 0.3) is 0 Å². The molecule has 5 nitrogen and oxygen atoms in total. The van der Waals surface area contributed by atoms with E-state index in [0.29, 0.717) is 31.3 Å². The van der Waals surface area contributed by atoms with Crippen LogP contribution in [0.2, 0.25) is 0 Å². The van der Waals surface area contributed by atoms with E-state index in [9.17, 15) is 9.67 Å². The standard InChI is InChI=1S/C8H17Cl2N2O3P/c1-8(13)2-7-15-16(14,11-8)12(5-3-9)6-4-10/h13H,2-7H2,1H3,(H,11,14). The molecule has 2 atom stereocenters. The van der Waals surface area contributed by atoms with E-state index in [1.807, 2.05) is 0 Å². The van der Waals surface area contributed by atoms with E-state index in [1.54, 1.807) is 11.6 Å². The Bertz CT molecular complexity index is 272. The second-order valence-corrected chi connectivity index (χ2v) is 6.67. The molecular weight excluding hydrogens is 274 g/mol. The van der Waals surface area contributed by atoms with Crippen molar-refractivity contribution in [3.63, 3.8) is 0 Å². The number of aliphatic hydroxyl groups is 1. The van der Waals surface area contributed by atoms with Gasteiger partial charge in [-0.05, 0) is 6.92 Å². The molecule has 1 fully saturated rings. The Morgan fingerprint density at radius 2 is 2.06 bits per heavy atom. The van der Waals surface area contributed by atoms with Crippen molar-refractivity contribution >= 4 is 30.9 Å². The maximum absolute atomic E-state index is 12.4. The lowest BCUT2D eigenvalue weighted by Gasteiger charge is -2.39. The molecule has 0 amide bonds. The molecule has 96 valence electrons. The van der Waals surface area contributed by atoms with Crippen LogP contribution in [0.3, 0.4) is 0 Å². The molecule has 0 aromatic rings. The summed E-state index contributed by atoms with van der Waals surface area (Å²) >= 11 is 11.3. The zero-order valence-corrected chi connectivity index (χ0v) is 11.6. The molecular formula is C8H17Cl2N2O3P. The Kier molecular flexibility index (Phi) is 5.52. The molecule has 2 unspecified atom stereocenters. The van der Waals surface area contributed by atoms with Gasteiger partial charge in [0.15, 0.2) is 0 Å². The first-order chi connectivity index (χ1) is 7.43. The molecule has 0 spiro atoms. The van der Waals surface area contributed by atoms with Crippen LogP contribution in [0.5, 0.6) is 0 Å². The predicted octanol–water partition coefficient (Wildman–Crippen LogP) is 1.59. The lowest BCUT2D eigenvalue weighted by molar-refractivity contribution is -0.00166. The van der Waals surface area contributed by atoms with Crippen LogP contribution >= 0.6 is 30.9 Å². The highest BCUT2D eigenvalue weighted by atomic mass is 35.5. The topological polar surface area (TPSA) is 61.8 Å². The number of nitrogens with zero attached hydrogens (tertiary/aromatic N) is 1. The van der Waals surface area contributed by atoms with Crippen molar-refractivity contribution in [3.05, 3.63) is 0 Å². The molecule has 0 aliphatic carbocycles. The van der Waals surface area contributed by atoms with Gasteiger partial charge >= 0.3 is 7.67 Å². The number of hydrogen-bond donors (Lipinski definition) is 2. The molecule has 1 saturated heterocycles. The minimum absolute atomic E-state index is 0.248. The molecule has 16 heavy (non-hydrogen) atoms. The van der Waals surface area contributed by atoms with Gasteiger partial charge in [0.25, 0.3) is 0 Å². The Hall–Kier alpha value is 0.650. The van der Waals surface area contributed by atoms with Gasteiger partial charge in [-0.15, -0.1) is 23.2 Å². The van der Waals surface area contributed by atoms with Crippen molar-refractivity contribution in [2.24, 2.45) is 0 Å². The van der Waals surface area contributed by atoms with Crippen molar-refractivity contribution in [2.45, 2.75) is 19.1 Å². The van der Waals surface area contributed by atoms with Crippen LogP contribution in [-0.4, -0.2) is 47.0 Å². The molecule has 1 heterocycles. The smallest absolute Gasteiger partial charge is 0.345 e. The SMILES string of the molecule is CC1(O)CCOP(=O)(N(CCCl)CCCl)N1. The summed E-state index contributed by atoms with van der Waals surface area (Å²) in [6.45, 7) is 2.61. The van der Waals surface area contributed by atoms with Gasteiger partial charge in [0.2, 0.25) is 0 Å². The van der Waals surface area contributed by atoms with E-state index in [0.717, 1.165) is 0 Å². The number of hydrogen-bond acceptors (Lipinski definition) is 3. The Labute approximate surface area is 106 Å². The maximum atomic E-state index is 12.4. The lowest BCUT2D eigenvalue weighted by Crippen LogP contribution is -2.49. The Morgan fingerprint density at radius 1 is 1.50 bits per heavy atom. The van der Waals surface area contributed by atoms with E-state index in [-0.39, 0.29) is 6.61 Å². The number of alkyl halides is 2. The maximum Gasteiger partial charge on any atom is 0.345 e. The number of halogens is 2. The van der Waals surface area contributed by atoms with Gasteiger partial charge in [0.05, 0.1) is 6.61 Å². The van der Waals surface area contributed by atoms with Gasteiger partial charge in [-0.3, -0.25) is 4.57 Å². The minimum Gasteiger partial charge on any atom is -0.376 e. The molecule has 8 heteroatoms. The first-order valence-electron chi connectivity index (χ1n) is 5.07.